The minimum atomic E-state index is -0.986. The van der Waals surface area contributed by atoms with Gasteiger partial charge < -0.3 is 10.4 Å². The van der Waals surface area contributed by atoms with E-state index in [1.165, 1.54) is 30.3 Å². The molecule has 1 aromatic rings. The van der Waals surface area contributed by atoms with Crippen molar-refractivity contribution in [2.75, 3.05) is 5.75 Å². The van der Waals surface area contributed by atoms with Gasteiger partial charge in [0, 0.05) is 27.6 Å². The summed E-state index contributed by atoms with van der Waals surface area (Å²) in [4.78, 5) is 23.5. The maximum absolute atomic E-state index is 12.2. The molecule has 0 spiro atoms. The quantitative estimate of drug-likeness (QED) is 0.788. The van der Waals surface area contributed by atoms with Gasteiger partial charge in [0.1, 0.15) is 0 Å². The van der Waals surface area contributed by atoms with Gasteiger partial charge in [-0.15, -0.1) is 11.3 Å². The maximum Gasteiger partial charge on any atom is 0.328 e. The summed E-state index contributed by atoms with van der Waals surface area (Å²) in [5.41, 5.74) is 0.609. The molecule has 1 aliphatic rings. The van der Waals surface area contributed by atoms with Crippen LogP contribution in [-0.2, 0) is 4.79 Å². The van der Waals surface area contributed by atoms with Crippen molar-refractivity contribution in [2.24, 2.45) is 0 Å². The standard InChI is InChI=1S/C15H19NO3S2/c1-2-20-13-5-3-4-12(13)16-15(19)10-8-11(21-9-10)6-7-14(17)18/h6-9,12-13H,2-5H2,1H3,(H,16,19)(H,17,18)/b7-6+. The Balaban J connectivity index is 1.95. The van der Waals surface area contributed by atoms with E-state index in [9.17, 15) is 9.59 Å². The lowest BCUT2D eigenvalue weighted by Gasteiger charge is -2.19. The molecule has 2 rings (SSSR count). The Bertz CT molecular complexity index is 539. The Labute approximate surface area is 132 Å². The molecule has 2 unspecified atom stereocenters. The molecule has 1 saturated carbocycles. The lowest BCUT2D eigenvalue weighted by molar-refractivity contribution is -0.131. The average molecular weight is 325 g/mol. The van der Waals surface area contributed by atoms with Crippen molar-refractivity contribution in [1.29, 1.82) is 0 Å². The van der Waals surface area contributed by atoms with Gasteiger partial charge in [-0.1, -0.05) is 13.3 Å². The van der Waals surface area contributed by atoms with Crippen molar-refractivity contribution in [3.63, 3.8) is 0 Å². The number of carboxylic acids is 1. The molecule has 1 aromatic heterocycles. The molecule has 0 bridgehead atoms. The summed E-state index contributed by atoms with van der Waals surface area (Å²) >= 11 is 3.28. The Morgan fingerprint density at radius 2 is 2.33 bits per heavy atom. The highest BCUT2D eigenvalue weighted by Crippen LogP contribution is 2.30. The van der Waals surface area contributed by atoms with Gasteiger partial charge in [-0.2, -0.15) is 11.8 Å². The lowest BCUT2D eigenvalue weighted by atomic mass is 10.2. The van der Waals surface area contributed by atoms with Gasteiger partial charge in [-0.3, -0.25) is 4.79 Å². The molecule has 114 valence electrons. The van der Waals surface area contributed by atoms with Crippen LogP contribution in [0.2, 0.25) is 0 Å². The van der Waals surface area contributed by atoms with Crippen LogP contribution < -0.4 is 5.32 Å². The molecule has 6 heteroatoms. The largest absolute Gasteiger partial charge is 0.478 e. The highest BCUT2D eigenvalue weighted by molar-refractivity contribution is 7.99. The van der Waals surface area contributed by atoms with Crippen LogP contribution in [-0.4, -0.2) is 34.0 Å². The number of carboxylic acid groups (broad SMARTS) is 1. The molecular weight excluding hydrogens is 306 g/mol. The summed E-state index contributed by atoms with van der Waals surface area (Å²) in [5, 5.41) is 14.0. The zero-order valence-electron chi connectivity index (χ0n) is 11.9. The summed E-state index contributed by atoms with van der Waals surface area (Å²) in [6.07, 6.45) is 5.96. The summed E-state index contributed by atoms with van der Waals surface area (Å²) in [6, 6.07) is 1.98. The second kappa shape index (κ2) is 7.66. The van der Waals surface area contributed by atoms with E-state index in [0.717, 1.165) is 23.1 Å². The number of carbonyl (C=O) groups is 2. The second-order valence-electron chi connectivity index (χ2n) is 4.91. The van der Waals surface area contributed by atoms with E-state index in [0.29, 0.717) is 10.8 Å². The van der Waals surface area contributed by atoms with Gasteiger partial charge in [0.15, 0.2) is 0 Å². The third-order valence-electron chi connectivity index (χ3n) is 3.42. The number of amides is 1. The number of nitrogens with one attached hydrogen (secondary N) is 1. The van der Waals surface area contributed by atoms with Gasteiger partial charge in [0.05, 0.1) is 5.56 Å². The molecule has 2 N–H and O–H groups in total. The first-order chi connectivity index (χ1) is 10.1. The summed E-state index contributed by atoms with van der Waals surface area (Å²) in [7, 11) is 0. The molecule has 0 aromatic carbocycles. The molecule has 2 atom stereocenters. The molecule has 21 heavy (non-hydrogen) atoms. The van der Waals surface area contributed by atoms with Crippen LogP contribution >= 0.6 is 23.1 Å². The zero-order chi connectivity index (χ0) is 15.2. The van der Waals surface area contributed by atoms with Crippen molar-refractivity contribution >= 4 is 41.1 Å². The summed E-state index contributed by atoms with van der Waals surface area (Å²) in [6.45, 7) is 2.14. The Morgan fingerprint density at radius 1 is 1.52 bits per heavy atom. The minimum absolute atomic E-state index is 0.0603. The van der Waals surface area contributed by atoms with Crippen molar-refractivity contribution in [1.82, 2.24) is 5.32 Å². The van der Waals surface area contributed by atoms with Gasteiger partial charge in [-0.05, 0) is 30.7 Å². The van der Waals surface area contributed by atoms with Crippen LogP contribution in [0.5, 0.6) is 0 Å². The normalized spacial score (nSPS) is 21.8. The fraction of sp³-hybridized carbons (Fsp3) is 0.467. The monoisotopic (exact) mass is 325 g/mol. The average Bonchev–Trinajstić information content (AvgIpc) is 3.07. The number of carbonyl (C=O) groups excluding carboxylic acids is 1. The second-order valence-corrected chi connectivity index (χ2v) is 7.37. The maximum atomic E-state index is 12.2. The van der Waals surface area contributed by atoms with E-state index in [2.05, 4.69) is 12.2 Å². The third-order valence-corrected chi connectivity index (χ3v) is 5.65. The van der Waals surface area contributed by atoms with Crippen LogP contribution in [0.25, 0.3) is 6.08 Å². The minimum Gasteiger partial charge on any atom is -0.478 e. The van der Waals surface area contributed by atoms with Crippen molar-refractivity contribution < 1.29 is 14.7 Å². The Kier molecular flexibility index (Phi) is 5.87. The number of aliphatic carboxylic acids is 1. The number of hydrogen-bond donors (Lipinski definition) is 2. The van der Waals surface area contributed by atoms with Crippen LogP contribution in [0.15, 0.2) is 17.5 Å². The van der Waals surface area contributed by atoms with Gasteiger partial charge >= 0.3 is 5.97 Å². The molecule has 0 aliphatic heterocycles. The van der Waals surface area contributed by atoms with E-state index in [4.69, 9.17) is 5.11 Å². The summed E-state index contributed by atoms with van der Waals surface area (Å²) in [5.74, 6) is 0.0224. The van der Waals surface area contributed by atoms with E-state index in [-0.39, 0.29) is 11.9 Å². The molecule has 4 nitrogen and oxygen atoms in total. The topological polar surface area (TPSA) is 66.4 Å². The highest BCUT2D eigenvalue weighted by Gasteiger charge is 2.28. The fourth-order valence-electron chi connectivity index (χ4n) is 2.47. The zero-order valence-corrected chi connectivity index (χ0v) is 13.5. The fourth-order valence-corrected chi connectivity index (χ4v) is 4.45. The highest BCUT2D eigenvalue weighted by atomic mass is 32.2. The number of thiophene rings is 1. The van der Waals surface area contributed by atoms with Crippen molar-refractivity contribution in [3.05, 3.63) is 28.0 Å². The molecule has 1 fully saturated rings. The first-order valence-electron chi connectivity index (χ1n) is 7.02. The van der Waals surface area contributed by atoms with Crippen molar-refractivity contribution in [2.45, 2.75) is 37.5 Å². The summed E-state index contributed by atoms with van der Waals surface area (Å²) < 4.78 is 0. The first-order valence-corrected chi connectivity index (χ1v) is 8.95. The molecular formula is C15H19NO3S2. The Morgan fingerprint density at radius 3 is 3.05 bits per heavy atom. The Hall–Kier alpha value is -1.27. The predicted molar refractivity (Wildman–Crippen MR) is 88.0 cm³/mol. The lowest BCUT2D eigenvalue weighted by Crippen LogP contribution is -2.38. The van der Waals surface area contributed by atoms with E-state index < -0.39 is 5.97 Å². The van der Waals surface area contributed by atoms with E-state index >= 15 is 0 Å². The van der Waals surface area contributed by atoms with Crippen LogP contribution in [0.1, 0.15) is 41.4 Å². The smallest absolute Gasteiger partial charge is 0.328 e. The van der Waals surface area contributed by atoms with Gasteiger partial charge in [0.25, 0.3) is 5.91 Å². The number of rotatable bonds is 6. The van der Waals surface area contributed by atoms with Crippen LogP contribution in [0, 0.1) is 0 Å². The predicted octanol–water partition coefficient (Wildman–Crippen LogP) is 3.25. The van der Waals surface area contributed by atoms with Gasteiger partial charge in [0.2, 0.25) is 0 Å². The molecule has 1 amide bonds. The first kappa shape index (κ1) is 16.1. The third kappa shape index (κ3) is 4.61. The van der Waals surface area contributed by atoms with Crippen LogP contribution in [0.4, 0.5) is 0 Å². The number of hydrogen-bond acceptors (Lipinski definition) is 4. The van der Waals surface area contributed by atoms with E-state index in [1.54, 1.807) is 11.4 Å². The molecule has 1 aliphatic carbocycles. The molecule has 0 radical (unpaired) electrons. The van der Waals surface area contributed by atoms with E-state index in [1.807, 2.05) is 11.8 Å². The number of thioether (sulfide) groups is 1. The SMILES string of the molecule is CCSC1CCCC1NC(=O)c1csc(/C=C/C(=O)O)c1. The van der Waals surface area contributed by atoms with Gasteiger partial charge in [-0.25, -0.2) is 4.79 Å². The van der Waals surface area contributed by atoms with Crippen molar-refractivity contribution in [3.8, 4) is 0 Å². The molecule has 1 heterocycles. The van der Waals surface area contributed by atoms with Crippen LogP contribution in [0.3, 0.4) is 0 Å². The molecule has 0 saturated heterocycles.